The molecule has 0 aliphatic carbocycles. The molecule has 9 heteroatoms. The number of anilines is 1. The standard InChI is InChI=1S/C12H11N5O3S/c18-21(19,20)9-3-1-2-8(4-9)5-13-11-10-12(15-6-14-10)17-7-16-11/h1-4,6-7H,5H2,(H,18,19,20)(H2,13,14,15,16,17). The van der Waals surface area contributed by atoms with Gasteiger partial charge in [0.05, 0.1) is 11.2 Å². The average molecular weight is 305 g/mol. The van der Waals surface area contributed by atoms with Crippen LogP contribution in [0.25, 0.3) is 11.2 Å². The Labute approximate surface area is 120 Å². The summed E-state index contributed by atoms with van der Waals surface area (Å²) in [7, 11) is -4.20. The molecule has 0 bridgehead atoms. The number of hydrogen-bond acceptors (Lipinski definition) is 6. The van der Waals surface area contributed by atoms with Crippen molar-refractivity contribution in [2.75, 3.05) is 5.32 Å². The van der Waals surface area contributed by atoms with Crippen LogP contribution in [0.4, 0.5) is 5.82 Å². The van der Waals surface area contributed by atoms with E-state index in [1.165, 1.54) is 24.8 Å². The molecule has 8 nitrogen and oxygen atoms in total. The third kappa shape index (κ3) is 2.83. The zero-order valence-corrected chi connectivity index (χ0v) is 11.5. The van der Waals surface area contributed by atoms with Gasteiger partial charge in [-0.15, -0.1) is 0 Å². The Hall–Kier alpha value is -2.52. The Bertz CT molecular complexity index is 891. The highest BCUT2D eigenvalue weighted by Crippen LogP contribution is 2.16. The first kappa shape index (κ1) is 13.5. The molecule has 0 fully saturated rings. The van der Waals surface area contributed by atoms with E-state index in [-0.39, 0.29) is 4.90 Å². The van der Waals surface area contributed by atoms with Crippen molar-refractivity contribution in [3.8, 4) is 0 Å². The van der Waals surface area contributed by atoms with Crippen molar-refractivity contribution in [3.05, 3.63) is 42.5 Å². The van der Waals surface area contributed by atoms with Crippen LogP contribution in [-0.2, 0) is 16.7 Å². The largest absolute Gasteiger partial charge is 0.364 e. The van der Waals surface area contributed by atoms with Gasteiger partial charge in [0, 0.05) is 6.54 Å². The molecule has 0 spiro atoms. The van der Waals surface area contributed by atoms with Gasteiger partial charge in [0.25, 0.3) is 10.1 Å². The summed E-state index contributed by atoms with van der Waals surface area (Å²) in [6.45, 7) is 0.336. The predicted octanol–water partition coefficient (Wildman–Crippen LogP) is 1.21. The van der Waals surface area contributed by atoms with E-state index in [0.717, 1.165) is 0 Å². The van der Waals surface area contributed by atoms with Crippen LogP contribution < -0.4 is 5.32 Å². The van der Waals surface area contributed by atoms with E-state index in [1.807, 2.05) is 0 Å². The minimum atomic E-state index is -4.20. The quantitative estimate of drug-likeness (QED) is 0.619. The number of aromatic amines is 1. The van der Waals surface area contributed by atoms with Crippen molar-refractivity contribution in [1.82, 2.24) is 19.9 Å². The Morgan fingerprint density at radius 2 is 2.10 bits per heavy atom. The van der Waals surface area contributed by atoms with Gasteiger partial charge in [0.15, 0.2) is 11.5 Å². The smallest absolute Gasteiger partial charge is 0.294 e. The molecule has 3 aromatic rings. The van der Waals surface area contributed by atoms with E-state index >= 15 is 0 Å². The number of imidazole rings is 1. The Morgan fingerprint density at radius 3 is 2.90 bits per heavy atom. The third-order valence-corrected chi connectivity index (χ3v) is 3.72. The topological polar surface area (TPSA) is 121 Å². The molecule has 3 rings (SSSR count). The normalized spacial score (nSPS) is 11.7. The lowest BCUT2D eigenvalue weighted by Crippen LogP contribution is -2.04. The van der Waals surface area contributed by atoms with Crippen LogP contribution in [0.2, 0.25) is 0 Å². The van der Waals surface area contributed by atoms with Gasteiger partial charge in [0.1, 0.15) is 11.8 Å². The number of rotatable bonds is 4. The number of aromatic nitrogens is 4. The van der Waals surface area contributed by atoms with Crippen molar-refractivity contribution in [3.63, 3.8) is 0 Å². The summed E-state index contributed by atoms with van der Waals surface area (Å²) in [4.78, 5) is 15.0. The van der Waals surface area contributed by atoms with Crippen molar-refractivity contribution in [2.45, 2.75) is 11.4 Å². The van der Waals surface area contributed by atoms with Crippen molar-refractivity contribution in [1.29, 1.82) is 0 Å². The molecule has 0 saturated heterocycles. The first-order valence-corrected chi connectivity index (χ1v) is 7.42. The maximum atomic E-state index is 11.1. The number of fused-ring (bicyclic) bond motifs is 1. The van der Waals surface area contributed by atoms with Crippen molar-refractivity contribution < 1.29 is 13.0 Å². The molecule has 108 valence electrons. The Balaban J connectivity index is 1.84. The molecule has 0 aliphatic heterocycles. The SMILES string of the molecule is O=S(=O)(O)c1cccc(CNc2ncnc3[nH]cnc23)c1. The van der Waals surface area contributed by atoms with E-state index in [9.17, 15) is 8.42 Å². The monoisotopic (exact) mass is 305 g/mol. The molecule has 2 heterocycles. The van der Waals surface area contributed by atoms with E-state index in [2.05, 4.69) is 25.3 Å². The highest BCUT2D eigenvalue weighted by atomic mass is 32.2. The first-order valence-electron chi connectivity index (χ1n) is 5.98. The molecule has 2 aromatic heterocycles. The fraction of sp³-hybridized carbons (Fsp3) is 0.0833. The van der Waals surface area contributed by atoms with Crippen LogP contribution in [0.5, 0.6) is 0 Å². The van der Waals surface area contributed by atoms with Crippen molar-refractivity contribution in [2.24, 2.45) is 0 Å². The Kier molecular flexibility index (Phi) is 3.28. The van der Waals surface area contributed by atoms with Crippen LogP contribution in [0.15, 0.2) is 41.8 Å². The van der Waals surface area contributed by atoms with Crippen LogP contribution in [0, 0.1) is 0 Å². The van der Waals surface area contributed by atoms with Crippen LogP contribution in [0.3, 0.4) is 0 Å². The number of nitrogens with zero attached hydrogens (tertiary/aromatic N) is 3. The molecular weight excluding hydrogens is 294 g/mol. The zero-order chi connectivity index (χ0) is 14.9. The lowest BCUT2D eigenvalue weighted by Gasteiger charge is -2.06. The molecule has 0 atom stereocenters. The third-order valence-electron chi connectivity index (χ3n) is 2.87. The molecule has 0 aliphatic rings. The van der Waals surface area contributed by atoms with Gasteiger partial charge in [-0.3, -0.25) is 4.55 Å². The highest BCUT2D eigenvalue weighted by molar-refractivity contribution is 7.85. The summed E-state index contributed by atoms with van der Waals surface area (Å²) >= 11 is 0. The number of nitrogens with one attached hydrogen (secondary N) is 2. The van der Waals surface area contributed by atoms with Crippen LogP contribution >= 0.6 is 0 Å². The van der Waals surface area contributed by atoms with Crippen LogP contribution in [0.1, 0.15) is 5.56 Å². The minimum Gasteiger partial charge on any atom is -0.364 e. The molecule has 0 saturated carbocycles. The van der Waals surface area contributed by atoms with Gasteiger partial charge < -0.3 is 10.3 Å². The van der Waals surface area contributed by atoms with E-state index in [0.29, 0.717) is 29.1 Å². The van der Waals surface area contributed by atoms with Gasteiger partial charge in [-0.2, -0.15) is 8.42 Å². The Morgan fingerprint density at radius 1 is 1.24 bits per heavy atom. The summed E-state index contributed by atoms with van der Waals surface area (Å²) in [6.07, 6.45) is 2.92. The van der Waals surface area contributed by atoms with E-state index < -0.39 is 10.1 Å². The van der Waals surface area contributed by atoms with Gasteiger partial charge in [0.2, 0.25) is 0 Å². The van der Waals surface area contributed by atoms with Crippen molar-refractivity contribution >= 4 is 27.1 Å². The number of H-pyrrole nitrogens is 1. The lowest BCUT2D eigenvalue weighted by molar-refractivity contribution is 0.483. The molecule has 21 heavy (non-hydrogen) atoms. The lowest BCUT2D eigenvalue weighted by atomic mass is 10.2. The molecule has 1 aromatic carbocycles. The fourth-order valence-electron chi connectivity index (χ4n) is 1.90. The van der Waals surface area contributed by atoms with E-state index in [1.54, 1.807) is 12.1 Å². The first-order chi connectivity index (χ1) is 10.0. The summed E-state index contributed by atoms with van der Waals surface area (Å²) in [5.74, 6) is 0.540. The molecule has 0 unspecified atom stereocenters. The number of hydrogen-bond donors (Lipinski definition) is 3. The average Bonchev–Trinajstić information content (AvgIpc) is 2.93. The van der Waals surface area contributed by atoms with Gasteiger partial charge in [-0.05, 0) is 17.7 Å². The second-order valence-electron chi connectivity index (χ2n) is 4.30. The maximum Gasteiger partial charge on any atom is 0.294 e. The molecule has 0 radical (unpaired) electrons. The number of benzene rings is 1. The van der Waals surface area contributed by atoms with Crippen LogP contribution in [-0.4, -0.2) is 32.9 Å². The summed E-state index contributed by atoms with van der Waals surface area (Å²) < 4.78 is 31.2. The zero-order valence-electron chi connectivity index (χ0n) is 10.7. The van der Waals surface area contributed by atoms with Gasteiger partial charge in [-0.25, -0.2) is 15.0 Å². The summed E-state index contributed by atoms with van der Waals surface area (Å²) in [5, 5.41) is 3.06. The highest BCUT2D eigenvalue weighted by Gasteiger charge is 2.10. The summed E-state index contributed by atoms with van der Waals surface area (Å²) in [6, 6.07) is 6.02. The van der Waals surface area contributed by atoms with E-state index in [4.69, 9.17) is 4.55 Å². The van der Waals surface area contributed by atoms with Gasteiger partial charge >= 0.3 is 0 Å². The molecule has 3 N–H and O–H groups in total. The fourth-order valence-corrected chi connectivity index (χ4v) is 2.45. The summed E-state index contributed by atoms with van der Waals surface area (Å²) in [5.41, 5.74) is 1.90. The minimum absolute atomic E-state index is 0.144. The molecular formula is C12H11N5O3S. The second kappa shape index (κ2) is 5.11. The predicted molar refractivity (Wildman–Crippen MR) is 75.3 cm³/mol. The second-order valence-corrected chi connectivity index (χ2v) is 5.72. The molecule has 0 amide bonds. The van der Waals surface area contributed by atoms with Gasteiger partial charge in [-0.1, -0.05) is 12.1 Å². The maximum absolute atomic E-state index is 11.1.